The van der Waals surface area contributed by atoms with E-state index in [1.807, 2.05) is 0 Å². The van der Waals surface area contributed by atoms with Crippen molar-refractivity contribution in [3.05, 3.63) is 33.8 Å². The quantitative estimate of drug-likeness (QED) is 0.671. The topological polar surface area (TPSA) is 29.5 Å². The van der Waals surface area contributed by atoms with Crippen molar-refractivity contribution in [3.8, 4) is 0 Å². The minimum absolute atomic E-state index is 0.0251. The molecule has 6 heteroatoms. The van der Waals surface area contributed by atoms with Crippen LogP contribution in [0.3, 0.4) is 0 Å². The first-order chi connectivity index (χ1) is 9.58. The van der Waals surface area contributed by atoms with Crippen LogP contribution in [0.2, 0.25) is 0 Å². The number of rotatable bonds is 0. The van der Waals surface area contributed by atoms with Gasteiger partial charge in [-0.05, 0) is 38.5 Å². The van der Waals surface area contributed by atoms with Gasteiger partial charge in [-0.25, -0.2) is 13.6 Å². The maximum absolute atomic E-state index is 14.2. The van der Waals surface area contributed by atoms with Crippen LogP contribution in [0.15, 0.2) is 22.7 Å². The van der Waals surface area contributed by atoms with Crippen LogP contribution in [0.1, 0.15) is 38.3 Å². The van der Waals surface area contributed by atoms with Gasteiger partial charge in [-0.3, -0.25) is 0 Å². The second-order valence-corrected chi connectivity index (χ2v) is 7.07. The first-order valence-electron chi connectivity index (χ1n) is 6.73. The van der Waals surface area contributed by atoms with Crippen LogP contribution < -0.4 is 0 Å². The summed E-state index contributed by atoms with van der Waals surface area (Å²) in [7, 11) is 0. The molecule has 0 spiro atoms. The van der Waals surface area contributed by atoms with Crippen molar-refractivity contribution >= 4 is 22.0 Å². The molecule has 0 N–H and O–H groups in total. The Kier molecular flexibility index (Phi) is 4.29. The van der Waals surface area contributed by atoms with E-state index in [9.17, 15) is 13.6 Å². The summed E-state index contributed by atoms with van der Waals surface area (Å²) < 4.78 is 34.3. The molecule has 1 aromatic carbocycles. The van der Waals surface area contributed by atoms with Crippen molar-refractivity contribution < 1.29 is 18.3 Å². The lowest BCUT2D eigenvalue weighted by Gasteiger charge is -2.26. The number of halogens is 3. The van der Waals surface area contributed by atoms with Crippen LogP contribution >= 0.6 is 15.9 Å². The number of ether oxygens (including phenoxy) is 1. The Morgan fingerprint density at radius 1 is 1.38 bits per heavy atom. The summed E-state index contributed by atoms with van der Waals surface area (Å²) in [4.78, 5) is 13.4. The second-order valence-electron chi connectivity index (χ2n) is 6.16. The smallest absolute Gasteiger partial charge is 0.410 e. The van der Waals surface area contributed by atoms with Crippen LogP contribution in [-0.4, -0.2) is 23.1 Å². The Morgan fingerprint density at radius 2 is 2.05 bits per heavy atom. The number of fused-ring (bicyclic) bond motifs is 1. The molecule has 3 nitrogen and oxygen atoms in total. The van der Waals surface area contributed by atoms with E-state index in [0.29, 0.717) is 10.0 Å². The fourth-order valence-electron chi connectivity index (χ4n) is 2.20. The molecular weight excluding hydrogens is 344 g/mol. The van der Waals surface area contributed by atoms with Crippen LogP contribution in [0.4, 0.5) is 13.6 Å². The molecule has 0 bridgehead atoms. The van der Waals surface area contributed by atoms with Gasteiger partial charge >= 0.3 is 6.09 Å². The molecule has 0 radical (unpaired) electrons. The summed E-state index contributed by atoms with van der Waals surface area (Å²) in [5, 5.41) is 0. The zero-order valence-corrected chi connectivity index (χ0v) is 13.8. The Hall–Kier alpha value is -1.17. The molecule has 1 aliphatic heterocycles. The summed E-state index contributed by atoms with van der Waals surface area (Å²) in [6.45, 7) is 5.36. The summed E-state index contributed by atoms with van der Waals surface area (Å²) in [5.74, 6) is -2.95. The molecule has 1 aromatic rings. The number of hydrogen-bond acceptors (Lipinski definition) is 2. The van der Waals surface area contributed by atoms with Crippen molar-refractivity contribution in [3.63, 3.8) is 0 Å². The zero-order valence-electron chi connectivity index (χ0n) is 12.3. The van der Waals surface area contributed by atoms with Gasteiger partial charge < -0.3 is 9.64 Å². The number of carbonyl (C=O) groups is 1. The standard InChI is InChI=1S/C15H18BrF2NO2/c1-14(2,3)21-13(20)19-7-6-15(17,18)12-8-11(16)5-4-10(12)9-19/h4-5,8H,6-7,9H2,1-3H3. The highest BCUT2D eigenvalue weighted by Crippen LogP contribution is 2.38. The van der Waals surface area contributed by atoms with E-state index in [1.165, 1.54) is 11.0 Å². The number of hydrogen-bond donors (Lipinski definition) is 0. The first-order valence-corrected chi connectivity index (χ1v) is 7.52. The molecule has 1 amide bonds. The summed E-state index contributed by atoms with van der Waals surface area (Å²) in [5.41, 5.74) is -0.219. The predicted octanol–water partition coefficient (Wildman–Crippen LogP) is 4.68. The Balaban J connectivity index is 2.28. The third-order valence-corrected chi connectivity index (χ3v) is 3.67. The molecule has 2 rings (SSSR count). The minimum Gasteiger partial charge on any atom is -0.444 e. The first kappa shape index (κ1) is 16.2. The molecule has 116 valence electrons. The highest BCUT2D eigenvalue weighted by molar-refractivity contribution is 9.10. The van der Waals surface area contributed by atoms with E-state index in [1.54, 1.807) is 32.9 Å². The van der Waals surface area contributed by atoms with Crippen molar-refractivity contribution in [2.45, 2.75) is 45.3 Å². The Bertz CT molecular complexity index is 555. The molecule has 0 saturated carbocycles. The normalized spacial score (nSPS) is 17.9. The summed E-state index contributed by atoms with van der Waals surface area (Å²) >= 11 is 3.21. The third kappa shape index (κ3) is 3.93. The highest BCUT2D eigenvalue weighted by Gasteiger charge is 2.38. The molecule has 0 aliphatic carbocycles. The fraction of sp³-hybridized carbons (Fsp3) is 0.533. The van der Waals surface area contributed by atoms with Gasteiger partial charge in [-0.2, -0.15) is 0 Å². The largest absolute Gasteiger partial charge is 0.444 e. The van der Waals surface area contributed by atoms with Gasteiger partial charge in [-0.1, -0.05) is 22.0 Å². The lowest BCUT2D eigenvalue weighted by atomic mass is 10.0. The van der Waals surface area contributed by atoms with Crippen LogP contribution in [0.25, 0.3) is 0 Å². The molecule has 0 atom stereocenters. The Labute approximate surface area is 131 Å². The molecular formula is C15H18BrF2NO2. The lowest BCUT2D eigenvalue weighted by Crippen LogP contribution is -2.36. The van der Waals surface area contributed by atoms with Crippen molar-refractivity contribution in [1.82, 2.24) is 4.90 Å². The van der Waals surface area contributed by atoms with Gasteiger partial charge in [0.1, 0.15) is 5.60 Å². The van der Waals surface area contributed by atoms with E-state index < -0.39 is 24.0 Å². The van der Waals surface area contributed by atoms with E-state index in [-0.39, 0.29) is 18.7 Å². The number of carbonyl (C=O) groups excluding carboxylic acids is 1. The van der Waals surface area contributed by atoms with Crippen LogP contribution in [-0.2, 0) is 17.2 Å². The van der Waals surface area contributed by atoms with E-state index in [0.717, 1.165) is 0 Å². The number of amides is 1. The maximum Gasteiger partial charge on any atom is 0.410 e. The van der Waals surface area contributed by atoms with Gasteiger partial charge in [-0.15, -0.1) is 0 Å². The van der Waals surface area contributed by atoms with Crippen molar-refractivity contribution in [2.24, 2.45) is 0 Å². The van der Waals surface area contributed by atoms with Crippen LogP contribution in [0, 0.1) is 0 Å². The minimum atomic E-state index is -2.95. The van der Waals surface area contributed by atoms with Crippen LogP contribution in [0.5, 0.6) is 0 Å². The molecule has 0 fully saturated rings. The molecule has 0 aromatic heterocycles. The second kappa shape index (κ2) is 5.55. The van der Waals surface area contributed by atoms with Gasteiger partial charge in [0.15, 0.2) is 0 Å². The SMILES string of the molecule is CC(C)(C)OC(=O)N1CCC(F)(F)c2cc(Br)ccc2C1. The number of nitrogens with zero attached hydrogens (tertiary/aromatic N) is 1. The van der Waals surface area contributed by atoms with E-state index in [2.05, 4.69) is 15.9 Å². The van der Waals surface area contributed by atoms with Crippen molar-refractivity contribution in [1.29, 1.82) is 0 Å². The van der Waals surface area contributed by atoms with Gasteiger partial charge in [0.05, 0.1) is 0 Å². The third-order valence-electron chi connectivity index (χ3n) is 3.17. The van der Waals surface area contributed by atoms with Gasteiger partial charge in [0, 0.05) is 29.5 Å². The molecule has 1 aliphatic rings. The molecule has 0 unspecified atom stereocenters. The monoisotopic (exact) mass is 361 g/mol. The Morgan fingerprint density at radius 3 is 2.67 bits per heavy atom. The average Bonchev–Trinajstić information content (AvgIpc) is 2.45. The van der Waals surface area contributed by atoms with Gasteiger partial charge in [0.25, 0.3) is 5.92 Å². The zero-order chi connectivity index (χ0) is 15.8. The average molecular weight is 362 g/mol. The maximum atomic E-state index is 14.2. The summed E-state index contributed by atoms with van der Waals surface area (Å²) in [6.07, 6.45) is -0.968. The summed E-state index contributed by atoms with van der Waals surface area (Å²) in [6, 6.07) is 4.75. The number of benzene rings is 1. The highest BCUT2D eigenvalue weighted by atomic mass is 79.9. The molecule has 0 saturated heterocycles. The van der Waals surface area contributed by atoms with E-state index >= 15 is 0 Å². The predicted molar refractivity (Wildman–Crippen MR) is 79.3 cm³/mol. The van der Waals surface area contributed by atoms with Crippen molar-refractivity contribution in [2.75, 3.05) is 6.54 Å². The molecule has 1 heterocycles. The fourth-order valence-corrected chi connectivity index (χ4v) is 2.57. The van der Waals surface area contributed by atoms with E-state index in [4.69, 9.17) is 4.74 Å². The lowest BCUT2D eigenvalue weighted by molar-refractivity contribution is -0.0204. The number of alkyl halides is 2. The van der Waals surface area contributed by atoms with Gasteiger partial charge in [0.2, 0.25) is 0 Å². The molecule has 21 heavy (non-hydrogen) atoms.